The SMILES string of the molecule is O=C(O)COCCOc1ccccc1. The van der Waals surface area contributed by atoms with Gasteiger partial charge >= 0.3 is 5.97 Å². The minimum absolute atomic E-state index is 0.279. The summed E-state index contributed by atoms with van der Waals surface area (Å²) >= 11 is 0. The van der Waals surface area contributed by atoms with E-state index >= 15 is 0 Å². The van der Waals surface area contributed by atoms with Crippen LogP contribution in [-0.4, -0.2) is 30.9 Å². The molecule has 0 aliphatic carbocycles. The predicted molar refractivity (Wildman–Crippen MR) is 50.4 cm³/mol. The van der Waals surface area contributed by atoms with Crippen molar-refractivity contribution in [1.82, 2.24) is 0 Å². The molecule has 0 atom stereocenters. The lowest BCUT2D eigenvalue weighted by Gasteiger charge is -2.05. The van der Waals surface area contributed by atoms with Gasteiger partial charge in [0.2, 0.25) is 0 Å². The molecule has 0 aliphatic heterocycles. The minimum atomic E-state index is -0.968. The summed E-state index contributed by atoms with van der Waals surface area (Å²) in [5.74, 6) is -0.212. The van der Waals surface area contributed by atoms with Crippen molar-refractivity contribution in [2.45, 2.75) is 0 Å². The zero-order valence-corrected chi connectivity index (χ0v) is 7.68. The summed E-state index contributed by atoms with van der Waals surface area (Å²) in [5, 5.41) is 8.26. The van der Waals surface area contributed by atoms with Crippen LogP contribution in [-0.2, 0) is 9.53 Å². The van der Waals surface area contributed by atoms with Crippen molar-refractivity contribution in [3.05, 3.63) is 30.3 Å². The first-order valence-electron chi connectivity index (χ1n) is 4.26. The Labute approximate surface area is 82.1 Å². The molecule has 0 bridgehead atoms. The first-order chi connectivity index (χ1) is 6.79. The fraction of sp³-hybridized carbons (Fsp3) is 0.300. The maximum Gasteiger partial charge on any atom is 0.329 e. The van der Waals surface area contributed by atoms with Crippen LogP contribution >= 0.6 is 0 Å². The Hall–Kier alpha value is -1.55. The first kappa shape index (κ1) is 10.5. The van der Waals surface area contributed by atoms with Crippen LogP contribution in [0.2, 0.25) is 0 Å². The van der Waals surface area contributed by atoms with Crippen LogP contribution in [0.4, 0.5) is 0 Å². The number of aliphatic carboxylic acids is 1. The molecule has 0 radical (unpaired) electrons. The second-order valence-corrected chi connectivity index (χ2v) is 2.61. The van der Waals surface area contributed by atoms with Crippen LogP contribution < -0.4 is 4.74 Å². The van der Waals surface area contributed by atoms with E-state index in [4.69, 9.17) is 14.6 Å². The molecule has 1 N–H and O–H groups in total. The highest BCUT2D eigenvalue weighted by Gasteiger charge is 1.96. The number of benzene rings is 1. The van der Waals surface area contributed by atoms with Crippen molar-refractivity contribution in [3.8, 4) is 5.75 Å². The standard InChI is InChI=1S/C10H12O4/c11-10(12)8-13-6-7-14-9-4-2-1-3-5-9/h1-5H,6-8H2,(H,11,12). The molecule has 14 heavy (non-hydrogen) atoms. The van der Waals surface area contributed by atoms with Crippen molar-refractivity contribution in [2.75, 3.05) is 19.8 Å². The Morgan fingerprint density at radius 2 is 1.93 bits per heavy atom. The maximum atomic E-state index is 10.1. The highest BCUT2D eigenvalue weighted by Crippen LogP contribution is 2.07. The van der Waals surface area contributed by atoms with E-state index in [0.29, 0.717) is 6.61 Å². The van der Waals surface area contributed by atoms with Crippen LogP contribution in [0.25, 0.3) is 0 Å². The van der Waals surface area contributed by atoms with Crippen molar-refractivity contribution >= 4 is 5.97 Å². The summed E-state index contributed by atoms with van der Waals surface area (Å²) in [6, 6.07) is 9.29. The predicted octanol–water partition coefficient (Wildman–Crippen LogP) is 1.17. The highest BCUT2D eigenvalue weighted by molar-refractivity contribution is 5.67. The van der Waals surface area contributed by atoms with Gasteiger partial charge in [-0.15, -0.1) is 0 Å². The Morgan fingerprint density at radius 3 is 2.57 bits per heavy atom. The molecule has 0 saturated carbocycles. The largest absolute Gasteiger partial charge is 0.491 e. The topological polar surface area (TPSA) is 55.8 Å². The molecule has 1 rings (SSSR count). The lowest BCUT2D eigenvalue weighted by atomic mass is 10.3. The van der Waals surface area contributed by atoms with Gasteiger partial charge in [-0.25, -0.2) is 4.79 Å². The summed E-state index contributed by atoms with van der Waals surface area (Å²) in [6.45, 7) is 0.358. The third kappa shape index (κ3) is 4.47. The molecule has 1 aromatic rings. The van der Waals surface area contributed by atoms with Crippen molar-refractivity contribution < 1.29 is 19.4 Å². The highest BCUT2D eigenvalue weighted by atomic mass is 16.5. The molecule has 0 heterocycles. The van der Waals surface area contributed by atoms with Gasteiger partial charge in [-0.1, -0.05) is 18.2 Å². The van der Waals surface area contributed by atoms with Crippen molar-refractivity contribution in [3.63, 3.8) is 0 Å². The van der Waals surface area contributed by atoms with Crippen LogP contribution in [0.5, 0.6) is 5.75 Å². The fourth-order valence-corrected chi connectivity index (χ4v) is 0.895. The van der Waals surface area contributed by atoms with E-state index in [9.17, 15) is 4.79 Å². The number of ether oxygens (including phenoxy) is 2. The van der Waals surface area contributed by atoms with Gasteiger partial charge in [0.15, 0.2) is 0 Å². The van der Waals surface area contributed by atoms with Gasteiger partial charge < -0.3 is 14.6 Å². The van der Waals surface area contributed by atoms with E-state index in [1.165, 1.54) is 0 Å². The van der Waals surface area contributed by atoms with Gasteiger partial charge in [0.05, 0.1) is 6.61 Å². The Balaban J connectivity index is 2.08. The average Bonchev–Trinajstić information content (AvgIpc) is 2.18. The molecule has 0 aliphatic rings. The third-order valence-electron chi connectivity index (χ3n) is 1.47. The second kappa shape index (κ2) is 5.99. The quantitative estimate of drug-likeness (QED) is 0.694. The summed E-state index contributed by atoms with van der Waals surface area (Å²) in [4.78, 5) is 10.1. The number of para-hydroxylation sites is 1. The molecule has 0 aromatic heterocycles. The number of rotatable bonds is 6. The first-order valence-corrected chi connectivity index (χ1v) is 4.26. The smallest absolute Gasteiger partial charge is 0.329 e. The van der Waals surface area contributed by atoms with Crippen LogP contribution in [0, 0.1) is 0 Å². The molecule has 76 valence electrons. The lowest BCUT2D eigenvalue weighted by molar-refractivity contribution is -0.142. The summed E-state index contributed by atoms with van der Waals surface area (Å²) in [7, 11) is 0. The number of carbonyl (C=O) groups is 1. The van der Waals surface area contributed by atoms with E-state index in [0.717, 1.165) is 5.75 Å². The average molecular weight is 196 g/mol. The molecular formula is C10H12O4. The van der Waals surface area contributed by atoms with Crippen molar-refractivity contribution in [1.29, 1.82) is 0 Å². The molecule has 0 fully saturated rings. The number of carboxylic acid groups (broad SMARTS) is 1. The van der Waals surface area contributed by atoms with Gasteiger partial charge in [-0.2, -0.15) is 0 Å². The summed E-state index contributed by atoms with van der Waals surface area (Å²) < 4.78 is 10.1. The summed E-state index contributed by atoms with van der Waals surface area (Å²) in [6.07, 6.45) is 0. The third-order valence-corrected chi connectivity index (χ3v) is 1.47. The minimum Gasteiger partial charge on any atom is -0.491 e. The molecule has 0 amide bonds. The van der Waals surface area contributed by atoms with E-state index < -0.39 is 5.97 Å². The second-order valence-electron chi connectivity index (χ2n) is 2.61. The van der Waals surface area contributed by atoms with Gasteiger partial charge in [-0.05, 0) is 12.1 Å². The molecule has 4 nitrogen and oxygen atoms in total. The van der Waals surface area contributed by atoms with Gasteiger partial charge in [-0.3, -0.25) is 0 Å². The normalized spacial score (nSPS) is 9.71. The van der Waals surface area contributed by atoms with E-state index in [2.05, 4.69) is 0 Å². The zero-order chi connectivity index (χ0) is 10.2. The number of carboxylic acids is 1. The Bertz CT molecular complexity index is 271. The van der Waals surface area contributed by atoms with Crippen LogP contribution in [0.15, 0.2) is 30.3 Å². The molecule has 0 unspecified atom stereocenters. The Morgan fingerprint density at radius 1 is 1.21 bits per heavy atom. The Kier molecular flexibility index (Phi) is 4.50. The van der Waals surface area contributed by atoms with Gasteiger partial charge in [0.25, 0.3) is 0 Å². The number of hydrogen-bond acceptors (Lipinski definition) is 3. The van der Waals surface area contributed by atoms with E-state index in [1.54, 1.807) is 0 Å². The van der Waals surface area contributed by atoms with Gasteiger partial charge in [0.1, 0.15) is 19.0 Å². The van der Waals surface area contributed by atoms with Crippen LogP contribution in [0.1, 0.15) is 0 Å². The maximum absolute atomic E-state index is 10.1. The van der Waals surface area contributed by atoms with E-state index in [-0.39, 0.29) is 13.2 Å². The fourth-order valence-electron chi connectivity index (χ4n) is 0.895. The lowest BCUT2D eigenvalue weighted by Crippen LogP contribution is -2.12. The summed E-state index contributed by atoms with van der Waals surface area (Å²) in [5.41, 5.74) is 0. The van der Waals surface area contributed by atoms with E-state index in [1.807, 2.05) is 30.3 Å². The monoisotopic (exact) mass is 196 g/mol. The van der Waals surface area contributed by atoms with Crippen LogP contribution in [0.3, 0.4) is 0 Å². The molecule has 4 heteroatoms. The molecule has 1 aromatic carbocycles. The molecular weight excluding hydrogens is 184 g/mol. The molecule has 0 saturated heterocycles. The zero-order valence-electron chi connectivity index (χ0n) is 7.68. The van der Waals surface area contributed by atoms with Gasteiger partial charge in [0, 0.05) is 0 Å². The molecule has 0 spiro atoms. The van der Waals surface area contributed by atoms with Crippen molar-refractivity contribution in [2.24, 2.45) is 0 Å². The number of hydrogen-bond donors (Lipinski definition) is 1.